The van der Waals surface area contributed by atoms with Gasteiger partial charge in [0, 0.05) is 18.4 Å². The maximum absolute atomic E-state index is 13.3. The van der Waals surface area contributed by atoms with Crippen molar-refractivity contribution in [2.45, 2.75) is 37.6 Å². The third-order valence-corrected chi connectivity index (χ3v) is 3.24. The second-order valence-corrected chi connectivity index (χ2v) is 4.70. The summed E-state index contributed by atoms with van der Waals surface area (Å²) in [5.41, 5.74) is 6.15. The first-order chi connectivity index (χ1) is 7.59. The summed E-state index contributed by atoms with van der Waals surface area (Å²) in [5, 5.41) is 0. The van der Waals surface area contributed by atoms with Gasteiger partial charge in [-0.25, -0.2) is 4.39 Å². The number of carbonyl (C=O) groups excluding carboxylic acids is 1. The van der Waals surface area contributed by atoms with Crippen LogP contribution in [-0.4, -0.2) is 11.3 Å². The van der Waals surface area contributed by atoms with Gasteiger partial charge in [-0.3, -0.25) is 4.79 Å². The van der Waals surface area contributed by atoms with E-state index < -0.39 is 0 Å². The molecule has 16 heavy (non-hydrogen) atoms. The Labute approximate surface area is 94.6 Å². The topological polar surface area (TPSA) is 43.1 Å². The van der Waals surface area contributed by atoms with Gasteiger partial charge in [0.15, 0.2) is 0 Å². The molecule has 86 valence electrons. The van der Waals surface area contributed by atoms with Gasteiger partial charge in [0.05, 0.1) is 0 Å². The maximum atomic E-state index is 13.3. The highest BCUT2D eigenvalue weighted by molar-refractivity contribution is 5.82. The van der Waals surface area contributed by atoms with E-state index >= 15 is 0 Å². The van der Waals surface area contributed by atoms with Crippen LogP contribution in [0.25, 0.3) is 0 Å². The van der Waals surface area contributed by atoms with Crippen molar-refractivity contribution in [1.82, 2.24) is 0 Å². The zero-order valence-corrected chi connectivity index (χ0v) is 9.21. The summed E-state index contributed by atoms with van der Waals surface area (Å²) < 4.78 is 13.3. The number of benzene rings is 1. The number of carbonyl (C=O) groups is 1. The van der Waals surface area contributed by atoms with Crippen LogP contribution in [0.5, 0.6) is 0 Å². The number of Topliss-reactive ketones (excluding diaryl/α,β-unsaturated/α-hetero) is 1. The van der Waals surface area contributed by atoms with E-state index in [-0.39, 0.29) is 23.6 Å². The molecule has 1 fully saturated rings. The van der Waals surface area contributed by atoms with Crippen LogP contribution in [0.1, 0.15) is 31.2 Å². The van der Waals surface area contributed by atoms with Crippen molar-refractivity contribution in [2.75, 3.05) is 0 Å². The van der Waals surface area contributed by atoms with E-state index in [0.29, 0.717) is 12.0 Å². The number of rotatable bonds is 4. The molecule has 2 rings (SSSR count). The van der Waals surface area contributed by atoms with Crippen LogP contribution in [0, 0.1) is 5.82 Å². The summed E-state index contributed by atoms with van der Waals surface area (Å²) in [6, 6.07) is 6.40. The molecular weight excluding hydrogens is 205 g/mol. The van der Waals surface area contributed by atoms with Crippen LogP contribution in [0.3, 0.4) is 0 Å². The first kappa shape index (κ1) is 11.3. The van der Waals surface area contributed by atoms with E-state index in [1.54, 1.807) is 18.2 Å². The third kappa shape index (κ3) is 2.47. The molecule has 0 saturated heterocycles. The molecule has 0 heterocycles. The molecular formula is C13H16FNO. The SMILES string of the molecule is NC1(CC(=O)Cc2ccccc2F)CCC1. The molecule has 3 heteroatoms. The molecule has 0 aromatic heterocycles. The Morgan fingerprint density at radius 1 is 1.38 bits per heavy atom. The zero-order valence-electron chi connectivity index (χ0n) is 9.21. The van der Waals surface area contributed by atoms with Crippen molar-refractivity contribution in [3.8, 4) is 0 Å². The van der Waals surface area contributed by atoms with Crippen molar-refractivity contribution in [1.29, 1.82) is 0 Å². The van der Waals surface area contributed by atoms with Gasteiger partial charge < -0.3 is 5.73 Å². The average molecular weight is 221 g/mol. The quantitative estimate of drug-likeness (QED) is 0.847. The summed E-state index contributed by atoms with van der Waals surface area (Å²) in [4.78, 5) is 11.7. The van der Waals surface area contributed by atoms with Crippen molar-refractivity contribution in [2.24, 2.45) is 5.73 Å². The Morgan fingerprint density at radius 3 is 2.62 bits per heavy atom. The first-order valence-electron chi connectivity index (χ1n) is 5.63. The van der Waals surface area contributed by atoms with E-state index in [1.165, 1.54) is 6.07 Å². The Morgan fingerprint density at radius 2 is 2.06 bits per heavy atom. The zero-order chi connectivity index (χ0) is 11.6. The standard InChI is InChI=1S/C13H16FNO/c14-12-5-2-1-4-10(12)8-11(16)9-13(15)6-3-7-13/h1-2,4-5H,3,6-9,15H2. The number of nitrogens with two attached hydrogens (primary N) is 1. The number of ketones is 1. The van der Waals surface area contributed by atoms with Crippen LogP contribution in [0.4, 0.5) is 4.39 Å². The summed E-state index contributed by atoms with van der Waals surface area (Å²) in [6.07, 6.45) is 3.46. The molecule has 0 spiro atoms. The molecule has 1 aromatic rings. The second-order valence-electron chi connectivity index (χ2n) is 4.70. The molecule has 2 N–H and O–H groups in total. The van der Waals surface area contributed by atoms with Gasteiger partial charge in [-0.05, 0) is 30.9 Å². The van der Waals surface area contributed by atoms with E-state index in [0.717, 1.165) is 19.3 Å². The Bertz CT molecular complexity index is 399. The van der Waals surface area contributed by atoms with Crippen LogP contribution in [-0.2, 0) is 11.2 Å². The van der Waals surface area contributed by atoms with Gasteiger partial charge in [-0.2, -0.15) is 0 Å². The molecule has 1 saturated carbocycles. The van der Waals surface area contributed by atoms with E-state index in [2.05, 4.69) is 0 Å². The summed E-state index contributed by atoms with van der Waals surface area (Å²) in [7, 11) is 0. The van der Waals surface area contributed by atoms with E-state index in [1.807, 2.05) is 0 Å². The predicted molar refractivity (Wildman–Crippen MR) is 60.5 cm³/mol. The van der Waals surface area contributed by atoms with Crippen molar-refractivity contribution in [3.63, 3.8) is 0 Å². The molecule has 1 aliphatic rings. The minimum Gasteiger partial charge on any atom is -0.325 e. The fourth-order valence-electron chi connectivity index (χ4n) is 2.12. The molecule has 2 nitrogen and oxygen atoms in total. The third-order valence-electron chi connectivity index (χ3n) is 3.24. The number of hydrogen-bond acceptors (Lipinski definition) is 2. The van der Waals surface area contributed by atoms with Crippen LogP contribution >= 0.6 is 0 Å². The minimum atomic E-state index is -0.310. The Hall–Kier alpha value is -1.22. The molecule has 0 bridgehead atoms. The highest BCUT2D eigenvalue weighted by Gasteiger charge is 2.34. The fraction of sp³-hybridized carbons (Fsp3) is 0.462. The number of hydrogen-bond donors (Lipinski definition) is 1. The lowest BCUT2D eigenvalue weighted by molar-refractivity contribution is -0.120. The molecule has 1 aliphatic carbocycles. The lowest BCUT2D eigenvalue weighted by atomic mass is 9.74. The predicted octanol–water partition coefficient (Wildman–Crippen LogP) is 2.21. The normalized spacial score (nSPS) is 17.9. The van der Waals surface area contributed by atoms with Crippen LogP contribution < -0.4 is 5.73 Å². The monoisotopic (exact) mass is 221 g/mol. The first-order valence-corrected chi connectivity index (χ1v) is 5.63. The Balaban J connectivity index is 1.95. The highest BCUT2D eigenvalue weighted by Crippen LogP contribution is 2.32. The van der Waals surface area contributed by atoms with Crippen molar-refractivity contribution in [3.05, 3.63) is 35.6 Å². The van der Waals surface area contributed by atoms with Gasteiger partial charge in [-0.15, -0.1) is 0 Å². The fourth-order valence-corrected chi connectivity index (χ4v) is 2.12. The summed E-state index contributed by atoms with van der Waals surface area (Å²) in [6.45, 7) is 0. The van der Waals surface area contributed by atoms with Gasteiger partial charge in [0.2, 0.25) is 0 Å². The van der Waals surface area contributed by atoms with Gasteiger partial charge in [0.1, 0.15) is 11.6 Å². The van der Waals surface area contributed by atoms with Crippen molar-refractivity contribution < 1.29 is 9.18 Å². The molecule has 0 aliphatic heterocycles. The lowest BCUT2D eigenvalue weighted by Crippen LogP contribution is -2.48. The van der Waals surface area contributed by atoms with Gasteiger partial charge in [0.25, 0.3) is 0 Å². The van der Waals surface area contributed by atoms with Gasteiger partial charge in [-0.1, -0.05) is 18.2 Å². The highest BCUT2D eigenvalue weighted by atomic mass is 19.1. The second kappa shape index (κ2) is 4.34. The minimum absolute atomic E-state index is 0.0345. The summed E-state index contributed by atoms with van der Waals surface area (Å²) >= 11 is 0. The van der Waals surface area contributed by atoms with Crippen molar-refractivity contribution >= 4 is 5.78 Å². The summed E-state index contributed by atoms with van der Waals surface area (Å²) in [5.74, 6) is -0.275. The van der Waals surface area contributed by atoms with Crippen LogP contribution in [0.2, 0.25) is 0 Å². The van der Waals surface area contributed by atoms with Gasteiger partial charge >= 0.3 is 0 Å². The smallest absolute Gasteiger partial charge is 0.139 e. The molecule has 0 atom stereocenters. The Kier molecular flexibility index (Phi) is 3.06. The lowest BCUT2D eigenvalue weighted by Gasteiger charge is -2.37. The molecule has 0 radical (unpaired) electrons. The molecule has 0 unspecified atom stereocenters. The number of halogens is 1. The molecule has 1 aromatic carbocycles. The van der Waals surface area contributed by atoms with Crippen LogP contribution in [0.15, 0.2) is 24.3 Å². The van der Waals surface area contributed by atoms with E-state index in [9.17, 15) is 9.18 Å². The average Bonchev–Trinajstić information content (AvgIpc) is 2.19. The maximum Gasteiger partial charge on any atom is 0.139 e. The largest absolute Gasteiger partial charge is 0.325 e. The molecule has 0 amide bonds. The van der Waals surface area contributed by atoms with E-state index in [4.69, 9.17) is 5.73 Å².